The first-order valence-corrected chi connectivity index (χ1v) is 4.88. The van der Waals surface area contributed by atoms with E-state index in [2.05, 4.69) is 9.97 Å². The van der Waals surface area contributed by atoms with Crippen LogP contribution in [0.5, 0.6) is 0 Å². The van der Waals surface area contributed by atoms with Crippen molar-refractivity contribution >= 4 is 11.9 Å². The predicted molar refractivity (Wildman–Crippen MR) is 62.4 cm³/mol. The van der Waals surface area contributed by atoms with Crippen LogP contribution >= 0.6 is 0 Å². The molecule has 0 aromatic carbocycles. The van der Waals surface area contributed by atoms with Gasteiger partial charge < -0.3 is 10.2 Å². The Balaban J connectivity index is 0.000000324. The van der Waals surface area contributed by atoms with Gasteiger partial charge in [0.1, 0.15) is 0 Å². The van der Waals surface area contributed by atoms with Gasteiger partial charge in [-0.15, -0.1) is 0 Å². The molecule has 0 fully saturated rings. The van der Waals surface area contributed by atoms with Gasteiger partial charge in [0.15, 0.2) is 0 Å². The second-order valence-corrected chi connectivity index (χ2v) is 3.09. The van der Waals surface area contributed by atoms with E-state index < -0.39 is 11.9 Å². The summed E-state index contributed by atoms with van der Waals surface area (Å²) in [4.78, 5) is 27.6. The van der Waals surface area contributed by atoms with E-state index in [-0.39, 0.29) is 27.6 Å². The molecule has 0 bridgehead atoms. The molecule has 0 unspecified atom stereocenters. The standard InChI is InChI=1S/2C6H5NO2.Ni/c2*8-6(9)5-2-1-3-7-4-5;/h2*1-4H,(H,8,9);. The summed E-state index contributed by atoms with van der Waals surface area (Å²) in [5.41, 5.74) is 0.440. The van der Waals surface area contributed by atoms with E-state index in [1.165, 1.54) is 36.9 Å². The van der Waals surface area contributed by atoms with E-state index in [4.69, 9.17) is 10.2 Å². The van der Waals surface area contributed by atoms with Gasteiger partial charge in [0.25, 0.3) is 0 Å². The van der Waals surface area contributed by atoms with E-state index in [0.717, 1.165) is 0 Å². The molecule has 0 atom stereocenters. The smallest absolute Gasteiger partial charge is 0.337 e. The second-order valence-electron chi connectivity index (χ2n) is 3.09. The maximum Gasteiger partial charge on any atom is 0.337 e. The van der Waals surface area contributed by atoms with Crippen LogP contribution in [0.1, 0.15) is 20.7 Å². The molecule has 0 amide bonds. The molecule has 0 saturated heterocycles. The summed E-state index contributed by atoms with van der Waals surface area (Å²) in [6.07, 6.45) is 5.68. The number of aromatic carboxylic acids is 2. The zero-order valence-electron chi connectivity index (χ0n) is 9.54. The van der Waals surface area contributed by atoms with Gasteiger partial charge in [-0.1, -0.05) is 0 Å². The summed E-state index contributed by atoms with van der Waals surface area (Å²) in [6.45, 7) is 0. The van der Waals surface area contributed by atoms with Gasteiger partial charge in [0.2, 0.25) is 0 Å². The van der Waals surface area contributed by atoms with E-state index in [1.807, 2.05) is 0 Å². The molecule has 2 N–H and O–H groups in total. The SMILES string of the molecule is O=C(O)c1cccnc1.O=C(O)c1cccnc1.[Ni]. The van der Waals surface area contributed by atoms with Gasteiger partial charge >= 0.3 is 11.9 Å². The van der Waals surface area contributed by atoms with Crippen LogP contribution in [0.2, 0.25) is 0 Å². The Hall–Kier alpha value is -2.27. The van der Waals surface area contributed by atoms with Gasteiger partial charge in [0.05, 0.1) is 11.1 Å². The Kier molecular flexibility index (Phi) is 7.72. The van der Waals surface area contributed by atoms with E-state index in [9.17, 15) is 9.59 Å². The van der Waals surface area contributed by atoms with Crippen molar-refractivity contribution in [1.29, 1.82) is 0 Å². The number of hydrogen-bond acceptors (Lipinski definition) is 4. The number of pyridine rings is 2. The molecule has 102 valence electrons. The minimum atomic E-state index is -0.942. The van der Waals surface area contributed by atoms with E-state index in [1.54, 1.807) is 12.1 Å². The molecule has 19 heavy (non-hydrogen) atoms. The quantitative estimate of drug-likeness (QED) is 0.817. The molecule has 0 spiro atoms. The summed E-state index contributed by atoms with van der Waals surface area (Å²) in [5, 5.41) is 16.7. The van der Waals surface area contributed by atoms with Crippen molar-refractivity contribution < 1.29 is 36.3 Å². The molecule has 7 heteroatoms. The first-order chi connectivity index (χ1) is 8.61. The van der Waals surface area contributed by atoms with Crippen LogP contribution in [0, 0.1) is 0 Å². The van der Waals surface area contributed by atoms with Crippen LogP contribution in [0.15, 0.2) is 49.1 Å². The Bertz CT molecular complexity index is 470. The fourth-order valence-corrected chi connectivity index (χ4v) is 0.979. The number of carboxylic acid groups (broad SMARTS) is 2. The van der Waals surface area contributed by atoms with Crippen molar-refractivity contribution in [2.45, 2.75) is 0 Å². The number of rotatable bonds is 2. The topological polar surface area (TPSA) is 100 Å². The van der Waals surface area contributed by atoms with Crippen molar-refractivity contribution in [2.75, 3.05) is 0 Å². The van der Waals surface area contributed by atoms with Crippen LogP contribution in [-0.2, 0) is 16.5 Å². The molecule has 0 aliphatic carbocycles. The summed E-state index contributed by atoms with van der Waals surface area (Å²) in [6, 6.07) is 6.16. The Morgan fingerprint density at radius 2 is 1.21 bits per heavy atom. The third-order valence-corrected chi connectivity index (χ3v) is 1.82. The predicted octanol–water partition coefficient (Wildman–Crippen LogP) is 1.56. The van der Waals surface area contributed by atoms with Crippen molar-refractivity contribution in [3.8, 4) is 0 Å². The Morgan fingerprint density at radius 1 is 0.842 bits per heavy atom. The van der Waals surface area contributed by atoms with Crippen LogP contribution in [0.4, 0.5) is 0 Å². The molecule has 2 heterocycles. The maximum atomic E-state index is 10.2. The zero-order valence-corrected chi connectivity index (χ0v) is 10.5. The summed E-state index contributed by atoms with van der Waals surface area (Å²) >= 11 is 0. The van der Waals surface area contributed by atoms with Gasteiger partial charge in [-0.2, -0.15) is 0 Å². The molecule has 2 aromatic heterocycles. The van der Waals surface area contributed by atoms with E-state index in [0.29, 0.717) is 0 Å². The molecule has 2 aromatic rings. The largest absolute Gasteiger partial charge is 0.478 e. The Labute approximate surface area is 119 Å². The first-order valence-electron chi connectivity index (χ1n) is 4.88. The van der Waals surface area contributed by atoms with Gasteiger partial charge in [-0.25, -0.2) is 9.59 Å². The van der Waals surface area contributed by atoms with E-state index >= 15 is 0 Å². The Morgan fingerprint density at radius 3 is 1.37 bits per heavy atom. The van der Waals surface area contributed by atoms with Gasteiger partial charge in [-0.05, 0) is 24.3 Å². The van der Waals surface area contributed by atoms with Gasteiger partial charge in [-0.3, -0.25) is 9.97 Å². The molecule has 6 nitrogen and oxygen atoms in total. The van der Waals surface area contributed by atoms with Crippen LogP contribution in [-0.4, -0.2) is 32.1 Å². The third kappa shape index (κ3) is 6.28. The second kappa shape index (κ2) is 8.77. The molecular formula is C12H10N2NiO4. The monoisotopic (exact) mass is 304 g/mol. The average molecular weight is 305 g/mol. The summed E-state index contributed by atoms with van der Waals surface area (Å²) in [7, 11) is 0. The van der Waals surface area contributed by atoms with Crippen LogP contribution < -0.4 is 0 Å². The summed E-state index contributed by atoms with van der Waals surface area (Å²) in [5.74, 6) is -1.88. The number of aromatic nitrogens is 2. The molecule has 0 aliphatic rings. The van der Waals surface area contributed by atoms with Crippen molar-refractivity contribution in [3.05, 3.63) is 60.2 Å². The fraction of sp³-hybridized carbons (Fsp3) is 0. The molecule has 2 rings (SSSR count). The zero-order chi connectivity index (χ0) is 13.4. The van der Waals surface area contributed by atoms with Crippen molar-refractivity contribution in [3.63, 3.8) is 0 Å². The molecule has 0 radical (unpaired) electrons. The third-order valence-electron chi connectivity index (χ3n) is 1.82. The van der Waals surface area contributed by atoms with Crippen molar-refractivity contribution in [2.24, 2.45) is 0 Å². The van der Waals surface area contributed by atoms with Crippen molar-refractivity contribution in [1.82, 2.24) is 9.97 Å². The fourth-order valence-electron chi connectivity index (χ4n) is 0.979. The number of hydrogen-bond donors (Lipinski definition) is 2. The number of carboxylic acids is 2. The van der Waals surface area contributed by atoms with Crippen LogP contribution in [0.3, 0.4) is 0 Å². The maximum absolute atomic E-state index is 10.2. The van der Waals surface area contributed by atoms with Crippen LogP contribution in [0.25, 0.3) is 0 Å². The number of nitrogens with zero attached hydrogens (tertiary/aromatic N) is 2. The summed E-state index contributed by atoms with van der Waals surface area (Å²) < 4.78 is 0. The molecule has 0 aliphatic heterocycles. The molecular weight excluding hydrogens is 295 g/mol. The molecule has 0 saturated carbocycles. The normalized spacial score (nSPS) is 8.42. The minimum absolute atomic E-state index is 0. The number of carbonyl (C=O) groups is 2. The minimum Gasteiger partial charge on any atom is -0.478 e. The first kappa shape index (κ1) is 16.7. The average Bonchev–Trinajstić information content (AvgIpc) is 2.41. The van der Waals surface area contributed by atoms with Gasteiger partial charge in [0, 0.05) is 41.3 Å².